The third-order valence-corrected chi connectivity index (χ3v) is 3.60. The van der Waals surface area contributed by atoms with Gasteiger partial charge in [0, 0.05) is 18.2 Å². The fourth-order valence-electron chi connectivity index (χ4n) is 2.45. The average molecular weight is 293 g/mol. The van der Waals surface area contributed by atoms with Crippen molar-refractivity contribution in [2.45, 2.75) is 46.6 Å². The number of rotatable bonds is 9. The zero-order chi connectivity index (χ0) is 15.1. The third kappa shape index (κ3) is 4.53. The van der Waals surface area contributed by atoms with Gasteiger partial charge in [0.2, 0.25) is 6.79 Å². The lowest BCUT2D eigenvalue weighted by atomic mass is 10.1. The van der Waals surface area contributed by atoms with Crippen LogP contribution >= 0.6 is 0 Å². The molecule has 1 aliphatic heterocycles. The largest absolute Gasteiger partial charge is 0.493 e. The van der Waals surface area contributed by atoms with E-state index < -0.39 is 0 Å². The molecule has 1 aromatic rings. The molecule has 4 heteroatoms. The van der Waals surface area contributed by atoms with Crippen LogP contribution in [0.3, 0.4) is 0 Å². The summed E-state index contributed by atoms with van der Waals surface area (Å²) in [5.74, 6) is 3.08. The first kappa shape index (κ1) is 16.0. The van der Waals surface area contributed by atoms with Crippen LogP contribution in [0.5, 0.6) is 17.2 Å². The Morgan fingerprint density at radius 1 is 1.19 bits per heavy atom. The molecule has 0 aliphatic carbocycles. The number of hydrogen-bond acceptors (Lipinski definition) is 4. The Kier molecular flexibility index (Phi) is 6.18. The smallest absolute Gasteiger partial charge is 0.231 e. The molecule has 2 rings (SSSR count). The molecule has 0 aromatic heterocycles. The zero-order valence-corrected chi connectivity index (χ0v) is 13.4. The minimum Gasteiger partial charge on any atom is -0.493 e. The van der Waals surface area contributed by atoms with Gasteiger partial charge in [0.05, 0.1) is 6.61 Å². The van der Waals surface area contributed by atoms with E-state index in [1.807, 2.05) is 12.1 Å². The van der Waals surface area contributed by atoms with Gasteiger partial charge < -0.3 is 19.5 Å². The molecule has 1 atom stereocenters. The minimum absolute atomic E-state index is 0.298. The van der Waals surface area contributed by atoms with Crippen molar-refractivity contribution in [1.82, 2.24) is 5.32 Å². The van der Waals surface area contributed by atoms with Crippen LogP contribution in [0.1, 0.15) is 45.6 Å². The Balaban J connectivity index is 2.05. The average Bonchev–Trinajstić information content (AvgIpc) is 2.92. The van der Waals surface area contributed by atoms with E-state index in [9.17, 15) is 0 Å². The monoisotopic (exact) mass is 293 g/mol. The topological polar surface area (TPSA) is 39.7 Å². The maximum Gasteiger partial charge on any atom is 0.231 e. The lowest BCUT2D eigenvalue weighted by Crippen LogP contribution is -2.16. The van der Waals surface area contributed by atoms with Gasteiger partial charge >= 0.3 is 0 Å². The lowest BCUT2D eigenvalue weighted by Gasteiger charge is -2.16. The first-order chi connectivity index (χ1) is 10.2. The van der Waals surface area contributed by atoms with Crippen LogP contribution in [-0.4, -0.2) is 19.9 Å². The van der Waals surface area contributed by atoms with Crippen molar-refractivity contribution < 1.29 is 14.2 Å². The van der Waals surface area contributed by atoms with Crippen molar-refractivity contribution in [3.63, 3.8) is 0 Å². The summed E-state index contributed by atoms with van der Waals surface area (Å²) < 4.78 is 16.9. The van der Waals surface area contributed by atoms with Crippen molar-refractivity contribution in [3.05, 3.63) is 17.7 Å². The standard InChI is InChI=1S/C17H27NO3/c1-4-6-13(3)11-19-15-9-17-16(20-12-21-17)8-14(15)10-18-7-5-2/h8-9,13,18H,4-7,10-12H2,1-3H3. The Morgan fingerprint density at radius 2 is 1.95 bits per heavy atom. The zero-order valence-electron chi connectivity index (χ0n) is 13.4. The predicted octanol–water partition coefficient (Wildman–Crippen LogP) is 3.73. The van der Waals surface area contributed by atoms with Gasteiger partial charge in [0.15, 0.2) is 11.5 Å². The summed E-state index contributed by atoms with van der Waals surface area (Å²) in [6.07, 6.45) is 3.50. The van der Waals surface area contributed by atoms with Gasteiger partial charge in [-0.2, -0.15) is 0 Å². The Bertz CT molecular complexity index is 448. The highest BCUT2D eigenvalue weighted by Gasteiger charge is 2.18. The van der Waals surface area contributed by atoms with Crippen LogP contribution in [0, 0.1) is 5.92 Å². The van der Waals surface area contributed by atoms with E-state index >= 15 is 0 Å². The number of fused-ring (bicyclic) bond motifs is 1. The van der Waals surface area contributed by atoms with Crippen LogP contribution in [0.25, 0.3) is 0 Å². The molecule has 0 saturated carbocycles. The quantitative estimate of drug-likeness (QED) is 0.704. The van der Waals surface area contributed by atoms with Gasteiger partial charge in [-0.15, -0.1) is 0 Å². The van der Waals surface area contributed by atoms with Crippen molar-refractivity contribution >= 4 is 0 Å². The number of hydrogen-bond donors (Lipinski definition) is 1. The lowest BCUT2D eigenvalue weighted by molar-refractivity contribution is 0.173. The highest BCUT2D eigenvalue weighted by Crippen LogP contribution is 2.38. The van der Waals surface area contributed by atoms with Crippen LogP contribution in [0.15, 0.2) is 12.1 Å². The van der Waals surface area contributed by atoms with Gasteiger partial charge in [-0.25, -0.2) is 0 Å². The maximum atomic E-state index is 6.03. The molecule has 1 unspecified atom stereocenters. The second-order valence-electron chi connectivity index (χ2n) is 5.69. The van der Waals surface area contributed by atoms with Crippen molar-refractivity contribution in [3.8, 4) is 17.2 Å². The molecule has 4 nitrogen and oxygen atoms in total. The summed E-state index contributed by atoms with van der Waals surface area (Å²) in [4.78, 5) is 0. The maximum absolute atomic E-state index is 6.03. The van der Waals surface area contributed by atoms with Gasteiger partial charge in [0.1, 0.15) is 5.75 Å². The van der Waals surface area contributed by atoms with E-state index in [4.69, 9.17) is 14.2 Å². The van der Waals surface area contributed by atoms with Gasteiger partial charge in [-0.3, -0.25) is 0 Å². The van der Waals surface area contributed by atoms with E-state index in [1.165, 1.54) is 12.8 Å². The first-order valence-electron chi connectivity index (χ1n) is 8.00. The van der Waals surface area contributed by atoms with Crippen molar-refractivity contribution in [2.75, 3.05) is 19.9 Å². The van der Waals surface area contributed by atoms with Crippen LogP contribution in [-0.2, 0) is 6.54 Å². The summed E-state index contributed by atoms with van der Waals surface area (Å²) >= 11 is 0. The number of ether oxygens (including phenoxy) is 3. The second-order valence-corrected chi connectivity index (χ2v) is 5.69. The molecule has 0 radical (unpaired) electrons. The van der Waals surface area contributed by atoms with Gasteiger partial charge in [0.25, 0.3) is 0 Å². The van der Waals surface area contributed by atoms with Crippen LogP contribution in [0.2, 0.25) is 0 Å². The number of benzene rings is 1. The molecule has 21 heavy (non-hydrogen) atoms. The molecule has 0 amide bonds. The summed E-state index contributed by atoms with van der Waals surface area (Å²) in [5, 5.41) is 3.42. The molecular formula is C17H27NO3. The van der Waals surface area contributed by atoms with E-state index in [0.717, 1.165) is 48.9 Å². The number of nitrogens with one attached hydrogen (secondary N) is 1. The molecule has 118 valence electrons. The van der Waals surface area contributed by atoms with E-state index in [1.54, 1.807) is 0 Å². The molecule has 0 bridgehead atoms. The predicted molar refractivity (Wildman–Crippen MR) is 84.1 cm³/mol. The first-order valence-corrected chi connectivity index (χ1v) is 8.00. The fraction of sp³-hybridized carbons (Fsp3) is 0.647. The highest BCUT2D eigenvalue weighted by molar-refractivity contribution is 5.51. The van der Waals surface area contributed by atoms with Crippen molar-refractivity contribution in [2.24, 2.45) is 5.92 Å². The summed E-state index contributed by atoms with van der Waals surface area (Å²) in [6, 6.07) is 3.99. The highest BCUT2D eigenvalue weighted by atomic mass is 16.7. The minimum atomic E-state index is 0.298. The van der Waals surface area contributed by atoms with Crippen LogP contribution in [0.4, 0.5) is 0 Å². The molecule has 1 heterocycles. The Morgan fingerprint density at radius 3 is 2.67 bits per heavy atom. The molecule has 1 aromatic carbocycles. The molecule has 1 aliphatic rings. The summed E-state index contributed by atoms with van der Waals surface area (Å²) in [7, 11) is 0. The normalized spacial score (nSPS) is 14.2. The van der Waals surface area contributed by atoms with E-state index in [0.29, 0.717) is 12.7 Å². The van der Waals surface area contributed by atoms with E-state index in [-0.39, 0.29) is 0 Å². The van der Waals surface area contributed by atoms with E-state index in [2.05, 4.69) is 26.1 Å². The molecule has 1 N–H and O–H groups in total. The SMILES string of the molecule is CCCNCc1cc2c(cc1OCC(C)CCC)OCO2. The fourth-order valence-corrected chi connectivity index (χ4v) is 2.45. The molecular weight excluding hydrogens is 266 g/mol. The summed E-state index contributed by atoms with van der Waals surface area (Å²) in [5.41, 5.74) is 1.14. The van der Waals surface area contributed by atoms with Gasteiger partial charge in [-0.05, 0) is 31.4 Å². The van der Waals surface area contributed by atoms with Crippen LogP contribution < -0.4 is 19.5 Å². The third-order valence-electron chi connectivity index (χ3n) is 3.60. The molecule has 0 fully saturated rings. The summed E-state index contributed by atoms with van der Waals surface area (Å²) in [6.45, 7) is 9.43. The Labute approximate surface area is 127 Å². The van der Waals surface area contributed by atoms with Crippen molar-refractivity contribution in [1.29, 1.82) is 0 Å². The molecule has 0 saturated heterocycles. The Hall–Kier alpha value is -1.42. The van der Waals surface area contributed by atoms with Gasteiger partial charge in [-0.1, -0.05) is 27.2 Å². The molecule has 0 spiro atoms. The second kappa shape index (κ2) is 8.13.